The molecule has 0 saturated heterocycles. The molecule has 0 amide bonds. The lowest BCUT2D eigenvalue weighted by Gasteiger charge is -2.30. The van der Waals surface area contributed by atoms with Gasteiger partial charge in [0.15, 0.2) is 0 Å². The summed E-state index contributed by atoms with van der Waals surface area (Å²) in [6.45, 7) is 3.63. The zero-order valence-electron chi connectivity index (χ0n) is 10.5. The van der Waals surface area contributed by atoms with Gasteiger partial charge in [-0.05, 0) is 25.3 Å². The predicted molar refractivity (Wildman–Crippen MR) is 69.8 cm³/mol. The number of nitrogens with zero attached hydrogens (tertiary/aromatic N) is 1. The van der Waals surface area contributed by atoms with Gasteiger partial charge in [-0.25, -0.2) is 0 Å². The Morgan fingerprint density at radius 1 is 1.35 bits per heavy atom. The first-order chi connectivity index (χ1) is 8.26. The van der Waals surface area contributed by atoms with Crippen molar-refractivity contribution in [2.24, 2.45) is 5.73 Å². The number of aliphatic hydroxyl groups excluding tert-OH is 1. The van der Waals surface area contributed by atoms with Crippen molar-refractivity contribution in [3.8, 4) is 0 Å². The molecule has 1 aliphatic carbocycles. The van der Waals surface area contributed by atoms with Crippen molar-refractivity contribution >= 4 is 0 Å². The number of hydrogen-bond acceptors (Lipinski definition) is 3. The minimum Gasteiger partial charge on any atom is -0.395 e. The second-order valence-electron chi connectivity index (χ2n) is 4.85. The van der Waals surface area contributed by atoms with Crippen LogP contribution in [0.5, 0.6) is 0 Å². The third-order valence-corrected chi connectivity index (χ3v) is 3.46. The molecule has 1 atom stereocenters. The van der Waals surface area contributed by atoms with Gasteiger partial charge in [0.1, 0.15) is 0 Å². The highest BCUT2D eigenvalue weighted by Gasteiger charge is 2.33. The standard InChI is InChI=1S/C14H22N2O/c1-11-2-4-12(5-3-11)14(10-15)16(8-9-17)13-6-7-13/h2-5,13-14,17H,6-10,15H2,1H3. The Morgan fingerprint density at radius 2 is 2.00 bits per heavy atom. The van der Waals surface area contributed by atoms with Crippen LogP contribution < -0.4 is 5.73 Å². The maximum absolute atomic E-state index is 9.17. The van der Waals surface area contributed by atoms with Gasteiger partial charge in [-0.3, -0.25) is 4.90 Å². The maximum Gasteiger partial charge on any atom is 0.0558 e. The fraction of sp³-hybridized carbons (Fsp3) is 0.571. The van der Waals surface area contributed by atoms with Crippen LogP contribution in [-0.2, 0) is 0 Å². The first-order valence-electron chi connectivity index (χ1n) is 6.39. The minimum absolute atomic E-state index is 0.207. The van der Waals surface area contributed by atoms with E-state index in [1.165, 1.54) is 24.0 Å². The summed E-state index contributed by atoms with van der Waals surface area (Å²) in [5.41, 5.74) is 8.45. The number of rotatable bonds is 6. The smallest absolute Gasteiger partial charge is 0.0558 e. The van der Waals surface area contributed by atoms with Crippen LogP contribution in [-0.4, -0.2) is 35.7 Å². The van der Waals surface area contributed by atoms with Crippen LogP contribution in [0.2, 0.25) is 0 Å². The third-order valence-electron chi connectivity index (χ3n) is 3.46. The van der Waals surface area contributed by atoms with Crippen LogP contribution in [0.25, 0.3) is 0 Å². The van der Waals surface area contributed by atoms with Gasteiger partial charge in [0, 0.05) is 25.2 Å². The minimum atomic E-state index is 0.207. The molecule has 0 aromatic heterocycles. The van der Waals surface area contributed by atoms with Gasteiger partial charge < -0.3 is 10.8 Å². The average molecular weight is 234 g/mol. The molecule has 94 valence electrons. The van der Waals surface area contributed by atoms with E-state index in [0.717, 1.165) is 6.54 Å². The van der Waals surface area contributed by atoms with Gasteiger partial charge in [-0.15, -0.1) is 0 Å². The third kappa shape index (κ3) is 3.06. The highest BCUT2D eigenvalue weighted by atomic mass is 16.3. The molecule has 2 rings (SSSR count). The summed E-state index contributed by atoms with van der Waals surface area (Å²) in [4.78, 5) is 2.35. The molecule has 3 nitrogen and oxygen atoms in total. The van der Waals surface area contributed by atoms with Crippen LogP contribution in [0.15, 0.2) is 24.3 Å². The summed E-state index contributed by atoms with van der Waals surface area (Å²) in [6, 6.07) is 9.43. The molecule has 1 unspecified atom stereocenters. The first kappa shape index (κ1) is 12.6. The average Bonchev–Trinajstić information content (AvgIpc) is 3.15. The molecule has 1 aromatic carbocycles. The number of hydrogen-bond donors (Lipinski definition) is 2. The van der Waals surface area contributed by atoms with E-state index in [-0.39, 0.29) is 12.6 Å². The van der Waals surface area contributed by atoms with Crippen LogP contribution in [0, 0.1) is 6.92 Å². The molecule has 0 radical (unpaired) electrons. The predicted octanol–water partition coefficient (Wildman–Crippen LogP) is 1.45. The normalized spacial score (nSPS) is 17.4. The van der Waals surface area contributed by atoms with Gasteiger partial charge in [0.05, 0.1) is 6.61 Å². The Hall–Kier alpha value is -0.900. The topological polar surface area (TPSA) is 49.5 Å². The molecule has 0 aliphatic heterocycles. The molecule has 0 heterocycles. The molecule has 1 fully saturated rings. The fourth-order valence-electron chi connectivity index (χ4n) is 2.37. The summed E-state index contributed by atoms with van der Waals surface area (Å²) in [5.74, 6) is 0. The van der Waals surface area contributed by atoms with Crippen LogP contribution in [0.1, 0.15) is 30.0 Å². The molecule has 1 saturated carbocycles. The molecule has 3 N–H and O–H groups in total. The molecule has 17 heavy (non-hydrogen) atoms. The summed E-state index contributed by atoms with van der Waals surface area (Å²) in [5, 5.41) is 9.17. The van der Waals surface area contributed by atoms with E-state index in [1.807, 2.05) is 0 Å². The quantitative estimate of drug-likeness (QED) is 0.783. The van der Waals surface area contributed by atoms with Crippen molar-refractivity contribution < 1.29 is 5.11 Å². The van der Waals surface area contributed by atoms with E-state index < -0.39 is 0 Å². The lowest BCUT2D eigenvalue weighted by molar-refractivity contribution is 0.145. The number of aryl methyl sites for hydroxylation is 1. The zero-order valence-corrected chi connectivity index (χ0v) is 10.5. The highest BCUT2D eigenvalue weighted by Crippen LogP contribution is 2.33. The van der Waals surface area contributed by atoms with Crippen molar-refractivity contribution in [3.63, 3.8) is 0 Å². The number of aliphatic hydroxyl groups is 1. The van der Waals surface area contributed by atoms with Crippen LogP contribution in [0.4, 0.5) is 0 Å². The van der Waals surface area contributed by atoms with Gasteiger partial charge >= 0.3 is 0 Å². The fourth-order valence-corrected chi connectivity index (χ4v) is 2.37. The number of nitrogens with two attached hydrogens (primary N) is 1. The Kier molecular flexibility index (Phi) is 4.15. The summed E-state index contributed by atoms with van der Waals surface area (Å²) in [7, 11) is 0. The van der Waals surface area contributed by atoms with Crippen LogP contribution >= 0.6 is 0 Å². The Balaban J connectivity index is 2.15. The van der Waals surface area contributed by atoms with Crippen molar-refractivity contribution in [1.29, 1.82) is 0 Å². The molecule has 0 spiro atoms. The van der Waals surface area contributed by atoms with E-state index in [2.05, 4.69) is 36.1 Å². The molecule has 1 aromatic rings. The largest absolute Gasteiger partial charge is 0.395 e. The van der Waals surface area contributed by atoms with Crippen molar-refractivity contribution in [2.75, 3.05) is 19.7 Å². The molecular weight excluding hydrogens is 212 g/mol. The summed E-state index contributed by atoms with van der Waals surface area (Å²) < 4.78 is 0. The Bertz CT molecular complexity index is 346. The lowest BCUT2D eigenvalue weighted by Crippen LogP contribution is -2.37. The van der Waals surface area contributed by atoms with Crippen LogP contribution in [0.3, 0.4) is 0 Å². The first-order valence-corrected chi connectivity index (χ1v) is 6.39. The molecule has 1 aliphatic rings. The van der Waals surface area contributed by atoms with Gasteiger partial charge in [0.2, 0.25) is 0 Å². The second-order valence-corrected chi connectivity index (χ2v) is 4.85. The van der Waals surface area contributed by atoms with E-state index >= 15 is 0 Å². The van der Waals surface area contributed by atoms with Crippen molar-refractivity contribution in [2.45, 2.75) is 31.8 Å². The Labute approximate surface area is 103 Å². The molecular formula is C14H22N2O. The Morgan fingerprint density at radius 3 is 2.47 bits per heavy atom. The van der Waals surface area contributed by atoms with E-state index in [9.17, 15) is 0 Å². The van der Waals surface area contributed by atoms with E-state index in [4.69, 9.17) is 10.8 Å². The van der Waals surface area contributed by atoms with Crippen molar-refractivity contribution in [3.05, 3.63) is 35.4 Å². The van der Waals surface area contributed by atoms with Gasteiger partial charge in [-0.2, -0.15) is 0 Å². The van der Waals surface area contributed by atoms with Gasteiger partial charge in [-0.1, -0.05) is 29.8 Å². The monoisotopic (exact) mass is 234 g/mol. The molecule has 0 bridgehead atoms. The summed E-state index contributed by atoms with van der Waals surface area (Å²) in [6.07, 6.45) is 2.48. The second kappa shape index (κ2) is 5.63. The van der Waals surface area contributed by atoms with E-state index in [1.54, 1.807) is 0 Å². The van der Waals surface area contributed by atoms with E-state index in [0.29, 0.717) is 12.6 Å². The number of benzene rings is 1. The summed E-state index contributed by atoms with van der Waals surface area (Å²) >= 11 is 0. The SMILES string of the molecule is Cc1ccc(C(CN)N(CCO)C2CC2)cc1. The maximum atomic E-state index is 9.17. The molecule has 3 heteroatoms. The van der Waals surface area contributed by atoms with Gasteiger partial charge in [0.25, 0.3) is 0 Å². The highest BCUT2D eigenvalue weighted by molar-refractivity contribution is 5.25. The lowest BCUT2D eigenvalue weighted by atomic mass is 10.0. The van der Waals surface area contributed by atoms with Crippen molar-refractivity contribution in [1.82, 2.24) is 4.90 Å². The zero-order chi connectivity index (χ0) is 12.3.